The molecule has 2 aliphatic carbocycles. The van der Waals surface area contributed by atoms with Gasteiger partial charge in [0.2, 0.25) is 5.91 Å². The van der Waals surface area contributed by atoms with Crippen molar-refractivity contribution in [3.8, 4) is 0 Å². The number of esters is 1. The number of rotatable bonds is 7. The summed E-state index contributed by atoms with van der Waals surface area (Å²) in [5.74, 6) is -0.940. The van der Waals surface area contributed by atoms with Crippen LogP contribution in [0.25, 0.3) is 0 Å². The van der Waals surface area contributed by atoms with Gasteiger partial charge in [0.15, 0.2) is 0 Å². The molecule has 166 valence electrons. The van der Waals surface area contributed by atoms with Crippen molar-refractivity contribution < 1.29 is 29.0 Å². The lowest BCUT2D eigenvalue weighted by molar-refractivity contribution is -0.155. The molecule has 0 heterocycles. The number of hydrogen-bond acceptors (Lipinski definition) is 6. The number of aliphatic hydroxyl groups is 1. The summed E-state index contributed by atoms with van der Waals surface area (Å²) >= 11 is 0. The van der Waals surface area contributed by atoms with Gasteiger partial charge >= 0.3 is 12.1 Å². The van der Waals surface area contributed by atoms with Gasteiger partial charge in [-0.25, -0.2) is 9.59 Å². The first-order valence-electron chi connectivity index (χ1n) is 10.5. The monoisotopic (exact) mass is 412 g/mol. The fourth-order valence-electron chi connectivity index (χ4n) is 4.59. The Morgan fingerprint density at radius 1 is 1.24 bits per heavy atom. The van der Waals surface area contributed by atoms with Crippen LogP contribution in [0.1, 0.15) is 61.3 Å². The highest BCUT2D eigenvalue weighted by Gasteiger charge is 2.71. The molecule has 0 aromatic heterocycles. The number of nitrogens with one attached hydrogen (secondary N) is 2. The van der Waals surface area contributed by atoms with E-state index in [1.165, 1.54) is 0 Å². The van der Waals surface area contributed by atoms with E-state index in [-0.39, 0.29) is 36.7 Å². The van der Waals surface area contributed by atoms with Gasteiger partial charge in [-0.05, 0) is 51.9 Å². The molecule has 0 bridgehead atoms. The van der Waals surface area contributed by atoms with Gasteiger partial charge in [0.1, 0.15) is 17.2 Å². The van der Waals surface area contributed by atoms with Crippen LogP contribution in [0.15, 0.2) is 0 Å². The molecule has 0 saturated heterocycles. The molecule has 3 N–H and O–H groups in total. The lowest BCUT2D eigenvalue weighted by atomic mass is 9.89. The van der Waals surface area contributed by atoms with Crippen molar-refractivity contribution in [2.75, 3.05) is 6.61 Å². The van der Waals surface area contributed by atoms with Crippen LogP contribution < -0.4 is 10.6 Å². The van der Waals surface area contributed by atoms with Crippen LogP contribution in [0, 0.1) is 23.7 Å². The zero-order valence-corrected chi connectivity index (χ0v) is 18.6. The van der Waals surface area contributed by atoms with Gasteiger partial charge in [0, 0.05) is 12.3 Å². The van der Waals surface area contributed by atoms with Crippen LogP contribution in [0.3, 0.4) is 0 Å². The number of fused-ring (bicyclic) bond motifs is 1. The van der Waals surface area contributed by atoms with E-state index < -0.39 is 41.3 Å². The minimum atomic E-state index is -1.26. The third-order valence-corrected chi connectivity index (χ3v) is 5.69. The highest BCUT2D eigenvalue weighted by molar-refractivity contribution is 5.93. The summed E-state index contributed by atoms with van der Waals surface area (Å²) in [4.78, 5) is 38.2. The molecule has 6 atom stereocenters. The summed E-state index contributed by atoms with van der Waals surface area (Å²) in [7, 11) is 0. The average Bonchev–Trinajstić information content (AvgIpc) is 3.12. The highest BCUT2D eigenvalue weighted by atomic mass is 16.6. The van der Waals surface area contributed by atoms with Crippen molar-refractivity contribution in [3.63, 3.8) is 0 Å². The van der Waals surface area contributed by atoms with E-state index in [0.717, 1.165) is 0 Å². The van der Waals surface area contributed by atoms with Crippen molar-refractivity contribution in [2.24, 2.45) is 23.7 Å². The zero-order valence-electron chi connectivity index (χ0n) is 18.6. The quantitative estimate of drug-likeness (QED) is 0.551. The Bertz CT molecular complexity index is 644. The molecule has 0 radical (unpaired) electrons. The van der Waals surface area contributed by atoms with Gasteiger partial charge in [-0.2, -0.15) is 0 Å². The van der Waals surface area contributed by atoms with Crippen LogP contribution in [0.4, 0.5) is 4.79 Å². The smallest absolute Gasteiger partial charge is 0.408 e. The van der Waals surface area contributed by atoms with Crippen molar-refractivity contribution in [3.05, 3.63) is 0 Å². The van der Waals surface area contributed by atoms with Crippen LogP contribution in [-0.2, 0) is 19.1 Å². The minimum Gasteiger partial charge on any atom is -0.464 e. The molecule has 8 nitrogen and oxygen atoms in total. The Kier molecular flexibility index (Phi) is 6.87. The third-order valence-electron chi connectivity index (χ3n) is 5.69. The molecule has 2 aliphatic rings. The van der Waals surface area contributed by atoms with Crippen molar-refractivity contribution in [1.82, 2.24) is 10.6 Å². The maximum absolute atomic E-state index is 13.2. The minimum absolute atomic E-state index is 0.0259. The summed E-state index contributed by atoms with van der Waals surface area (Å²) in [6.45, 7) is 13.0. The summed E-state index contributed by atoms with van der Waals surface area (Å²) in [5.41, 5.74) is -1.96. The Hall–Kier alpha value is -1.83. The molecule has 2 saturated carbocycles. The molecule has 0 unspecified atom stereocenters. The molecule has 0 spiro atoms. The van der Waals surface area contributed by atoms with E-state index in [9.17, 15) is 19.5 Å². The number of carbonyl (C=O) groups is 3. The fourth-order valence-corrected chi connectivity index (χ4v) is 4.59. The van der Waals surface area contributed by atoms with Crippen LogP contribution in [0.2, 0.25) is 0 Å². The van der Waals surface area contributed by atoms with E-state index in [1.54, 1.807) is 27.7 Å². The number of amides is 2. The predicted molar refractivity (Wildman–Crippen MR) is 107 cm³/mol. The molecule has 0 aromatic carbocycles. The van der Waals surface area contributed by atoms with Crippen LogP contribution >= 0.6 is 0 Å². The number of aliphatic hydroxyl groups excluding tert-OH is 1. The molecule has 2 rings (SSSR count). The number of hydrogen-bond donors (Lipinski definition) is 3. The number of ether oxygens (including phenoxy) is 2. The summed E-state index contributed by atoms with van der Waals surface area (Å²) in [6, 6.07) is -0.860. The third kappa shape index (κ3) is 5.21. The van der Waals surface area contributed by atoms with Crippen molar-refractivity contribution in [2.45, 2.75) is 84.6 Å². The second-order valence-corrected chi connectivity index (χ2v) is 9.74. The summed E-state index contributed by atoms with van der Waals surface area (Å²) < 4.78 is 10.5. The molecular weight excluding hydrogens is 376 g/mol. The SMILES string of the molecule is CCOC(=O)[C@]1(NC(=O)[C@H](CC(C)C)NC(=O)OC(C)(C)C)C[C@H](O)[C@H]2[C@H](C)[C@H]21. The van der Waals surface area contributed by atoms with Crippen LogP contribution in [0.5, 0.6) is 0 Å². The van der Waals surface area contributed by atoms with Gasteiger partial charge in [0.05, 0.1) is 12.7 Å². The van der Waals surface area contributed by atoms with Gasteiger partial charge in [-0.1, -0.05) is 20.8 Å². The van der Waals surface area contributed by atoms with Crippen LogP contribution in [-0.4, -0.2) is 53.0 Å². The molecule has 0 aliphatic heterocycles. The Morgan fingerprint density at radius 3 is 2.31 bits per heavy atom. The molecular formula is C21H36N2O6. The number of carbonyl (C=O) groups excluding carboxylic acids is 3. The van der Waals surface area contributed by atoms with E-state index in [2.05, 4.69) is 10.6 Å². The van der Waals surface area contributed by atoms with E-state index in [1.807, 2.05) is 20.8 Å². The average molecular weight is 413 g/mol. The summed E-state index contributed by atoms with van der Waals surface area (Å²) in [5, 5.41) is 15.9. The van der Waals surface area contributed by atoms with Crippen molar-refractivity contribution in [1.29, 1.82) is 0 Å². The standard InChI is InChI=1S/C21H36N2O6/c1-8-28-18(26)21(10-14(24)15-12(4)16(15)21)23-17(25)13(9-11(2)3)22-19(27)29-20(5,6)7/h11-16,24H,8-10H2,1-7H3,(H,22,27)(H,23,25)/t12-,13-,14-,15+,16+,21-/m0/s1. The largest absolute Gasteiger partial charge is 0.464 e. The van der Waals surface area contributed by atoms with Gasteiger partial charge in [-0.15, -0.1) is 0 Å². The Morgan fingerprint density at radius 2 is 1.86 bits per heavy atom. The normalized spacial score (nSPS) is 31.6. The lowest BCUT2D eigenvalue weighted by Gasteiger charge is -2.33. The second-order valence-electron chi connectivity index (χ2n) is 9.74. The molecule has 8 heteroatoms. The molecule has 29 heavy (non-hydrogen) atoms. The summed E-state index contributed by atoms with van der Waals surface area (Å²) in [6.07, 6.45) is -0.844. The maximum Gasteiger partial charge on any atom is 0.408 e. The first kappa shape index (κ1) is 23.4. The highest BCUT2D eigenvalue weighted by Crippen LogP contribution is 2.62. The predicted octanol–water partition coefficient (Wildman–Crippen LogP) is 1.99. The number of alkyl carbamates (subject to hydrolysis) is 1. The lowest BCUT2D eigenvalue weighted by Crippen LogP contribution is -2.61. The zero-order chi connectivity index (χ0) is 22.1. The first-order chi connectivity index (χ1) is 13.3. The fraction of sp³-hybridized carbons (Fsp3) is 0.857. The van der Waals surface area contributed by atoms with Gasteiger partial charge in [0.25, 0.3) is 0 Å². The maximum atomic E-state index is 13.2. The topological polar surface area (TPSA) is 114 Å². The Balaban J connectivity index is 2.20. The molecule has 2 amide bonds. The Labute approximate surface area is 173 Å². The molecule has 0 aromatic rings. The first-order valence-corrected chi connectivity index (χ1v) is 10.5. The van der Waals surface area contributed by atoms with E-state index in [0.29, 0.717) is 6.42 Å². The van der Waals surface area contributed by atoms with Crippen molar-refractivity contribution >= 4 is 18.0 Å². The molecule has 2 fully saturated rings. The van der Waals surface area contributed by atoms with E-state index in [4.69, 9.17) is 9.47 Å². The van der Waals surface area contributed by atoms with Gasteiger partial charge < -0.3 is 25.2 Å². The van der Waals surface area contributed by atoms with E-state index >= 15 is 0 Å². The van der Waals surface area contributed by atoms with Gasteiger partial charge in [-0.3, -0.25) is 4.79 Å². The second kappa shape index (κ2) is 8.50.